The van der Waals surface area contributed by atoms with E-state index in [0.29, 0.717) is 15.7 Å². The number of pyridine rings is 1. The molecule has 0 aliphatic heterocycles. The van der Waals surface area contributed by atoms with E-state index >= 15 is 0 Å². The SMILES string of the molecule is Cc1cc(N)c(Cl)cc1Sc1ncccc1Cl. The van der Waals surface area contributed by atoms with Gasteiger partial charge in [0.1, 0.15) is 5.03 Å². The zero-order valence-electron chi connectivity index (χ0n) is 9.08. The molecule has 2 N–H and O–H groups in total. The maximum Gasteiger partial charge on any atom is 0.119 e. The van der Waals surface area contributed by atoms with Crippen molar-refractivity contribution in [1.29, 1.82) is 0 Å². The number of hydrogen-bond acceptors (Lipinski definition) is 3. The highest BCUT2D eigenvalue weighted by molar-refractivity contribution is 7.99. The Hall–Kier alpha value is -0.900. The molecule has 0 aliphatic carbocycles. The van der Waals surface area contributed by atoms with Crippen LogP contribution in [0.5, 0.6) is 0 Å². The van der Waals surface area contributed by atoms with Crippen molar-refractivity contribution in [1.82, 2.24) is 4.98 Å². The topological polar surface area (TPSA) is 38.9 Å². The van der Waals surface area contributed by atoms with Crippen LogP contribution < -0.4 is 5.73 Å². The van der Waals surface area contributed by atoms with Crippen LogP contribution in [0.2, 0.25) is 10.0 Å². The van der Waals surface area contributed by atoms with Crippen LogP contribution in [0, 0.1) is 6.92 Å². The summed E-state index contributed by atoms with van der Waals surface area (Å²) in [6, 6.07) is 7.30. The van der Waals surface area contributed by atoms with Crippen molar-refractivity contribution >= 4 is 40.7 Å². The molecule has 17 heavy (non-hydrogen) atoms. The van der Waals surface area contributed by atoms with E-state index in [2.05, 4.69) is 4.98 Å². The molecule has 0 bridgehead atoms. The molecule has 0 radical (unpaired) electrons. The van der Waals surface area contributed by atoms with Gasteiger partial charge in [0.25, 0.3) is 0 Å². The lowest BCUT2D eigenvalue weighted by Gasteiger charge is -2.08. The number of nitrogen functional groups attached to an aromatic ring is 1. The molecule has 5 heteroatoms. The number of aryl methyl sites for hydroxylation is 1. The van der Waals surface area contributed by atoms with Gasteiger partial charge in [0.2, 0.25) is 0 Å². The van der Waals surface area contributed by atoms with E-state index in [1.54, 1.807) is 12.3 Å². The first-order valence-corrected chi connectivity index (χ1v) is 6.49. The second-order valence-electron chi connectivity index (χ2n) is 3.53. The molecule has 1 aromatic heterocycles. The molecule has 0 fully saturated rings. The second kappa shape index (κ2) is 5.17. The smallest absolute Gasteiger partial charge is 0.119 e. The normalized spacial score (nSPS) is 10.5. The van der Waals surface area contributed by atoms with Crippen molar-refractivity contribution in [2.75, 3.05) is 5.73 Å². The van der Waals surface area contributed by atoms with E-state index < -0.39 is 0 Å². The molecule has 2 rings (SSSR count). The number of rotatable bonds is 2. The highest BCUT2D eigenvalue weighted by atomic mass is 35.5. The molecule has 0 unspecified atom stereocenters. The van der Waals surface area contributed by atoms with Gasteiger partial charge in [0.15, 0.2) is 0 Å². The molecule has 0 saturated heterocycles. The number of anilines is 1. The van der Waals surface area contributed by atoms with Gasteiger partial charge in [-0.15, -0.1) is 0 Å². The molecule has 0 spiro atoms. The summed E-state index contributed by atoms with van der Waals surface area (Å²) in [5.41, 5.74) is 7.37. The van der Waals surface area contributed by atoms with Crippen molar-refractivity contribution in [2.45, 2.75) is 16.8 Å². The lowest BCUT2D eigenvalue weighted by molar-refractivity contribution is 1.13. The van der Waals surface area contributed by atoms with E-state index in [-0.39, 0.29) is 0 Å². The number of benzene rings is 1. The van der Waals surface area contributed by atoms with E-state index in [1.807, 2.05) is 25.1 Å². The molecule has 0 aliphatic rings. The molecular weight excluding hydrogens is 275 g/mol. The Morgan fingerprint density at radius 2 is 2.00 bits per heavy atom. The van der Waals surface area contributed by atoms with Gasteiger partial charge in [-0.3, -0.25) is 0 Å². The van der Waals surface area contributed by atoms with E-state index in [1.165, 1.54) is 11.8 Å². The van der Waals surface area contributed by atoms with Crippen LogP contribution in [-0.2, 0) is 0 Å². The lowest BCUT2D eigenvalue weighted by Crippen LogP contribution is -1.90. The highest BCUT2D eigenvalue weighted by Crippen LogP contribution is 2.36. The number of aromatic nitrogens is 1. The fourth-order valence-corrected chi connectivity index (χ4v) is 2.70. The molecule has 1 heterocycles. The Kier molecular flexibility index (Phi) is 3.82. The number of halogens is 2. The van der Waals surface area contributed by atoms with Gasteiger partial charge in [-0.1, -0.05) is 35.0 Å². The molecule has 1 aromatic carbocycles. The standard InChI is InChI=1S/C12H10Cl2N2S/c1-7-5-10(15)9(14)6-11(7)17-12-8(13)3-2-4-16-12/h2-6H,15H2,1H3. The predicted molar refractivity (Wildman–Crippen MR) is 74.0 cm³/mol. The minimum Gasteiger partial charge on any atom is -0.398 e. The van der Waals surface area contributed by atoms with Crippen LogP contribution >= 0.6 is 35.0 Å². The first kappa shape index (κ1) is 12.6. The van der Waals surface area contributed by atoms with Crippen LogP contribution in [0.25, 0.3) is 0 Å². The van der Waals surface area contributed by atoms with Gasteiger partial charge in [0, 0.05) is 11.1 Å². The van der Waals surface area contributed by atoms with E-state index in [4.69, 9.17) is 28.9 Å². The quantitative estimate of drug-likeness (QED) is 0.829. The first-order chi connectivity index (χ1) is 8.08. The number of nitrogens with zero attached hydrogens (tertiary/aromatic N) is 1. The van der Waals surface area contributed by atoms with Crippen LogP contribution in [0.4, 0.5) is 5.69 Å². The average Bonchev–Trinajstić information content (AvgIpc) is 2.29. The molecule has 0 saturated carbocycles. The number of hydrogen-bond donors (Lipinski definition) is 1. The number of nitrogens with two attached hydrogens (primary N) is 1. The highest BCUT2D eigenvalue weighted by Gasteiger charge is 2.08. The van der Waals surface area contributed by atoms with Gasteiger partial charge in [-0.2, -0.15) is 0 Å². The zero-order chi connectivity index (χ0) is 12.4. The van der Waals surface area contributed by atoms with E-state index in [0.717, 1.165) is 15.5 Å². The average molecular weight is 285 g/mol. The minimum absolute atomic E-state index is 0.546. The Labute approximate surface area is 114 Å². The lowest BCUT2D eigenvalue weighted by atomic mass is 10.2. The summed E-state index contributed by atoms with van der Waals surface area (Å²) in [5, 5.41) is 1.94. The van der Waals surface area contributed by atoms with Gasteiger partial charge in [-0.25, -0.2) is 4.98 Å². The maximum absolute atomic E-state index is 6.06. The van der Waals surface area contributed by atoms with E-state index in [9.17, 15) is 0 Å². The first-order valence-electron chi connectivity index (χ1n) is 4.92. The predicted octanol–water partition coefficient (Wildman–Crippen LogP) is 4.43. The Balaban J connectivity index is 2.37. The Morgan fingerprint density at radius 1 is 1.24 bits per heavy atom. The molecule has 88 valence electrons. The molecule has 2 nitrogen and oxygen atoms in total. The second-order valence-corrected chi connectivity index (χ2v) is 5.38. The summed E-state index contributed by atoms with van der Waals surface area (Å²) < 4.78 is 0. The van der Waals surface area contributed by atoms with Crippen molar-refractivity contribution in [2.24, 2.45) is 0 Å². The summed E-state index contributed by atoms with van der Waals surface area (Å²) in [7, 11) is 0. The maximum atomic E-state index is 6.06. The van der Waals surface area contributed by atoms with Crippen molar-refractivity contribution in [3.05, 3.63) is 46.1 Å². The summed E-state index contributed by atoms with van der Waals surface area (Å²) in [6.07, 6.45) is 1.71. The molecule has 0 amide bonds. The van der Waals surface area contributed by atoms with Crippen molar-refractivity contribution in [3.8, 4) is 0 Å². The molecular formula is C12H10Cl2N2S. The van der Waals surface area contributed by atoms with Crippen LogP contribution in [0.3, 0.4) is 0 Å². The monoisotopic (exact) mass is 284 g/mol. The summed E-state index contributed by atoms with van der Waals surface area (Å²) in [5.74, 6) is 0. The third-order valence-electron chi connectivity index (χ3n) is 2.23. The van der Waals surface area contributed by atoms with Gasteiger partial charge in [0.05, 0.1) is 15.7 Å². The van der Waals surface area contributed by atoms with Crippen LogP contribution in [0.15, 0.2) is 40.4 Å². The largest absolute Gasteiger partial charge is 0.398 e. The summed E-state index contributed by atoms with van der Waals surface area (Å²) >= 11 is 13.5. The van der Waals surface area contributed by atoms with Gasteiger partial charge < -0.3 is 5.73 Å². The molecule has 0 atom stereocenters. The fourth-order valence-electron chi connectivity index (χ4n) is 1.35. The van der Waals surface area contributed by atoms with Crippen LogP contribution in [0.1, 0.15) is 5.56 Å². The summed E-state index contributed by atoms with van der Waals surface area (Å²) in [6.45, 7) is 1.98. The van der Waals surface area contributed by atoms with Crippen molar-refractivity contribution < 1.29 is 0 Å². The van der Waals surface area contributed by atoms with Crippen molar-refractivity contribution in [3.63, 3.8) is 0 Å². The third-order valence-corrected chi connectivity index (χ3v) is 4.15. The molecule has 2 aromatic rings. The van der Waals surface area contributed by atoms with Crippen LogP contribution in [-0.4, -0.2) is 4.98 Å². The Morgan fingerprint density at radius 3 is 2.71 bits per heavy atom. The fraction of sp³-hybridized carbons (Fsp3) is 0.0833. The summed E-state index contributed by atoms with van der Waals surface area (Å²) in [4.78, 5) is 5.23. The zero-order valence-corrected chi connectivity index (χ0v) is 11.4. The third kappa shape index (κ3) is 2.86. The van der Waals surface area contributed by atoms with Gasteiger partial charge >= 0.3 is 0 Å². The Bertz CT molecular complexity index is 558. The van der Waals surface area contributed by atoms with Gasteiger partial charge in [-0.05, 0) is 36.8 Å². The minimum atomic E-state index is 0.546.